The Morgan fingerprint density at radius 2 is 1.68 bits per heavy atom. The summed E-state index contributed by atoms with van der Waals surface area (Å²) in [5.74, 6) is 0.127. The quantitative estimate of drug-likeness (QED) is 0.316. The van der Waals surface area contributed by atoms with Crippen LogP contribution >= 0.6 is 21.6 Å². The summed E-state index contributed by atoms with van der Waals surface area (Å²) in [6.07, 6.45) is 5.07. The molecule has 1 rings (SSSR count). The Hall–Kier alpha value is -1.42. The van der Waals surface area contributed by atoms with Gasteiger partial charge in [-0.05, 0) is 19.3 Å². The summed E-state index contributed by atoms with van der Waals surface area (Å²) in [6, 6.07) is -0.729. The Morgan fingerprint density at radius 3 is 2.36 bits per heavy atom. The van der Waals surface area contributed by atoms with Gasteiger partial charge in [0.15, 0.2) is 0 Å². The molecule has 0 aromatic rings. The molecule has 10 heteroatoms. The van der Waals surface area contributed by atoms with E-state index in [9.17, 15) is 19.2 Å². The highest BCUT2D eigenvalue weighted by atomic mass is 33.1. The monoisotopic (exact) mass is 390 g/mol. The van der Waals surface area contributed by atoms with Gasteiger partial charge in [-0.25, -0.2) is 9.59 Å². The molecule has 0 heterocycles. The van der Waals surface area contributed by atoms with E-state index in [1.807, 2.05) is 6.92 Å². The maximum Gasteiger partial charge on any atom is 0.321 e. The molecule has 1 aliphatic rings. The number of carbonyl (C=O) groups excluding carboxylic acids is 4. The highest BCUT2D eigenvalue weighted by Crippen LogP contribution is 2.20. The van der Waals surface area contributed by atoms with E-state index in [1.54, 1.807) is 0 Å². The molecule has 0 aromatic heterocycles. The van der Waals surface area contributed by atoms with Crippen molar-refractivity contribution in [3.05, 3.63) is 0 Å². The van der Waals surface area contributed by atoms with Crippen LogP contribution in [0.1, 0.15) is 45.4 Å². The number of carbonyl (C=O) groups is 4. The number of hydrogen-bond donors (Lipinski definition) is 4. The topological polar surface area (TPSA) is 116 Å². The van der Waals surface area contributed by atoms with E-state index in [1.165, 1.54) is 21.6 Å². The second-order valence-corrected chi connectivity index (χ2v) is 8.22. The van der Waals surface area contributed by atoms with Gasteiger partial charge in [0.25, 0.3) is 0 Å². The third kappa shape index (κ3) is 12.6. The maximum atomic E-state index is 11.5. The molecule has 4 N–H and O–H groups in total. The second kappa shape index (κ2) is 12.9. The Bertz CT molecular complexity index is 472. The first kappa shape index (κ1) is 21.6. The molecule has 0 aromatic carbocycles. The molecule has 0 bridgehead atoms. The molecule has 142 valence electrons. The molecule has 6 amide bonds. The minimum atomic E-state index is -0.499. The fourth-order valence-corrected chi connectivity index (χ4v) is 3.48. The summed E-state index contributed by atoms with van der Waals surface area (Å²) in [4.78, 5) is 45.8. The van der Waals surface area contributed by atoms with Gasteiger partial charge in [-0.15, -0.1) is 0 Å². The van der Waals surface area contributed by atoms with E-state index in [0.717, 1.165) is 32.1 Å². The van der Waals surface area contributed by atoms with Gasteiger partial charge in [0.2, 0.25) is 11.8 Å². The van der Waals surface area contributed by atoms with Crippen molar-refractivity contribution in [3.63, 3.8) is 0 Å². The smallest absolute Gasteiger partial charge is 0.321 e. The number of nitrogens with one attached hydrogen (secondary N) is 4. The molecule has 8 nitrogen and oxygen atoms in total. The molecular formula is C15H26N4O4S2. The molecule has 0 radical (unpaired) electrons. The van der Waals surface area contributed by atoms with Crippen LogP contribution in [-0.2, 0) is 9.59 Å². The molecule has 25 heavy (non-hydrogen) atoms. The zero-order valence-corrected chi connectivity index (χ0v) is 16.0. The van der Waals surface area contributed by atoms with E-state index >= 15 is 0 Å². The number of unbranched alkanes of at least 4 members (excludes halogenated alkanes) is 2. The lowest BCUT2D eigenvalue weighted by atomic mass is 10.2. The van der Waals surface area contributed by atoms with Crippen LogP contribution < -0.4 is 21.3 Å². The fraction of sp³-hybridized carbons (Fsp3) is 0.733. The van der Waals surface area contributed by atoms with Crippen LogP contribution in [0.25, 0.3) is 0 Å². The van der Waals surface area contributed by atoms with Crippen molar-refractivity contribution in [1.82, 2.24) is 21.3 Å². The van der Waals surface area contributed by atoms with Crippen LogP contribution in [0.15, 0.2) is 0 Å². The van der Waals surface area contributed by atoms with Crippen LogP contribution in [0.2, 0.25) is 0 Å². The SMILES string of the molecule is CCCCCC(=O)NC(=O)NCCSSCC(=O)NC(=O)NC1CC1. The first-order valence-electron chi connectivity index (χ1n) is 8.43. The molecule has 0 spiro atoms. The summed E-state index contributed by atoms with van der Waals surface area (Å²) >= 11 is 0. The summed E-state index contributed by atoms with van der Waals surface area (Å²) < 4.78 is 0. The van der Waals surface area contributed by atoms with Crippen LogP contribution in [0, 0.1) is 0 Å². The highest BCUT2D eigenvalue weighted by molar-refractivity contribution is 8.76. The molecule has 0 saturated heterocycles. The van der Waals surface area contributed by atoms with E-state index in [-0.39, 0.29) is 23.6 Å². The minimum absolute atomic E-state index is 0.158. The van der Waals surface area contributed by atoms with E-state index in [4.69, 9.17) is 0 Å². The average Bonchev–Trinajstić information content (AvgIpc) is 3.34. The van der Waals surface area contributed by atoms with Gasteiger partial charge in [0.1, 0.15) is 0 Å². The Kier molecular flexibility index (Phi) is 11.1. The number of hydrogen-bond acceptors (Lipinski definition) is 6. The Labute approximate surface area is 155 Å². The van der Waals surface area contributed by atoms with Crippen molar-refractivity contribution in [2.45, 2.75) is 51.5 Å². The third-order valence-corrected chi connectivity index (χ3v) is 5.44. The van der Waals surface area contributed by atoms with Gasteiger partial charge in [-0.1, -0.05) is 41.4 Å². The van der Waals surface area contributed by atoms with E-state index in [2.05, 4.69) is 21.3 Å². The third-order valence-electron chi connectivity index (χ3n) is 3.17. The first-order valence-corrected chi connectivity index (χ1v) is 10.9. The summed E-state index contributed by atoms with van der Waals surface area (Å²) in [7, 11) is 2.71. The zero-order chi connectivity index (χ0) is 18.5. The maximum absolute atomic E-state index is 11.5. The standard InChI is InChI=1S/C15H26N4O4S2/c1-2-3-4-5-12(20)18-14(22)16-8-9-24-25-10-13(21)19-15(23)17-11-6-7-11/h11H,2-10H2,1H3,(H2,16,18,20,22)(H2,17,19,21,23). The molecule has 1 aliphatic carbocycles. The lowest BCUT2D eigenvalue weighted by molar-refractivity contribution is -0.120. The molecule has 1 saturated carbocycles. The number of rotatable bonds is 11. The zero-order valence-electron chi connectivity index (χ0n) is 14.4. The summed E-state index contributed by atoms with van der Waals surface area (Å²) in [5, 5.41) is 9.79. The summed E-state index contributed by atoms with van der Waals surface area (Å²) in [5.41, 5.74) is 0. The van der Waals surface area contributed by atoms with Crippen molar-refractivity contribution in [1.29, 1.82) is 0 Å². The Balaban J connectivity index is 1.93. The van der Waals surface area contributed by atoms with Gasteiger partial charge in [-0.3, -0.25) is 20.2 Å². The Morgan fingerprint density at radius 1 is 0.960 bits per heavy atom. The van der Waals surface area contributed by atoms with Crippen molar-refractivity contribution in [2.75, 3.05) is 18.1 Å². The number of imide groups is 2. The van der Waals surface area contributed by atoms with Crippen molar-refractivity contribution >= 4 is 45.5 Å². The normalized spacial score (nSPS) is 13.0. The number of amides is 6. The summed E-state index contributed by atoms with van der Waals surface area (Å²) in [6.45, 7) is 2.43. The van der Waals surface area contributed by atoms with Gasteiger partial charge in [0, 0.05) is 24.8 Å². The van der Waals surface area contributed by atoms with Gasteiger partial charge in [-0.2, -0.15) is 0 Å². The molecule has 0 aliphatic heterocycles. The molecule has 1 fully saturated rings. The lowest BCUT2D eigenvalue weighted by Crippen LogP contribution is -2.41. The second-order valence-electron chi connectivity index (χ2n) is 5.64. The van der Waals surface area contributed by atoms with Gasteiger partial charge < -0.3 is 10.6 Å². The van der Waals surface area contributed by atoms with Crippen molar-refractivity contribution in [2.24, 2.45) is 0 Å². The predicted octanol–water partition coefficient (Wildman–Crippen LogP) is 1.76. The lowest BCUT2D eigenvalue weighted by Gasteiger charge is -2.07. The van der Waals surface area contributed by atoms with Crippen LogP contribution in [-0.4, -0.2) is 48.0 Å². The largest absolute Gasteiger partial charge is 0.337 e. The van der Waals surface area contributed by atoms with Crippen molar-refractivity contribution in [3.8, 4) is 0 Å². The molecule has 0 unspecified atom stereocenters. The van der Waals surface area contributed by atoms with E-state index < -0.39 is 12.1 Å². The molecular weight excluding hydrogens is 364 g/mol. The highest BCUT2D eigenvalue weighted by Gasteiger charge is 2.23. The van der Waals surface area contributed by atoms with Crippen molar-refractivity contribution < 1.29 is 19.2 Å². The van der Waals surface area contributed by atoms with Crippen LogP contribution in [0.3, 0.4) is 0 Å². The van der Waals surface area contributed by atoms with Crippen LogP contribution in [0.5, 0.6) is 0 Å². The average molecular weight is 391 g/mol. The van der Waals surface area contributed by atoms with Gasteiger partial charge in [0.05, 0.1) is 5.75 Å². The fourth-order valence-electron chi connectivity index (χ4n) is 1.74. The van der Waals surface area contributed by atoms with Gasteiger partial charge >= 0.3 is 12.1 Å². The minimum Gasteiger partial charge on any atom is -0.337 e. The van der Waals surface area contributed by atoms with E-state index in [0.29, 0.717) is 18.7 Å². The predicted molar refractivity (Wildman–Crippen MR) is 100 cm³/mol. The van der Waals surface area contributed by atoms with Crippen LogP contribution in [0.4, 0.5) is 9.59 Å². The number of urea groups is 2. The molecule has 0 atom stereocenters. The first-order chi connectivity index (χ1) is 12.0.